The predicted octanol–water partition coefficient (Wildman–Crippen LogP) is 2.93. The Morgan fingerprint density at radius 1 is 0.958 bits per heavy atom. The highest BCUT2D eigenvalue weighted by molar-refractivity contribution is 6.23. The van der Waals surface area contributed by atoms with Gasteiger partial charge in [0.25, 0.3) is 11.8 Å². The van der Waals surface area contributed by atoms with Gasteiger partial charge in [0.2, 0.25) is 5.91 Å². The summed E-state index contributed by atoms with van der Waals surface area (Å²) in [4.78, 5) is 38.4. The number of amides is 3. The maximum atomic E-state index is 12.5. The smallest absolute Gasteiger partial charge is 0.262 e. The monoisotopic (exact) mass is 322 g/mol. The molecule has 2 aromatic rings. The molecule has 1 heterocycles. The molecular formula is C19H18N2O3. The molecule has 0 aromatic heterocycles. The lowest BCUT2D eigenvalue weighted by Crippen LogP contribution is -2.45. The van der Waals surface area contributed by atoms with E-state index in [1.807, 2.05) is 26.0 Å². The van der Waals surface area contributed by atoms with E-state index in [0.717, 1.165) is 16.0 Å². The average Bonchev–Trinajstić information content (AvgIpc) is 2.82. The lowest BCUT2D eigenvalue weighted by atomic mass is 10.1. The molecule has 3 rings (SSSR count). The largest absolute Gasteiger partial charge is 0.324 e. The van der Waals surface area contributed by atoms with E-state index in [0.29, 0.717) is 16.8 Å². The molecule has 122 valence electrons. The zero-order chi connectivity index (χ0) is 17.4. The van der Waals surface area contributed by atoms with Crippen molar-refractivity contribution in [2.24, 2.45) is 0 Å². The molecule has 5 nitrogen and oxygen atoms in total. The van der Waals surface area contributed by atoms with Crippen LogP contribution in [0.25, 0.3) is 0 Å². The highest BCUT2D eigenvalue weighted by atomic mass is 16.2. The summed E-state index contributed by atoms with van der Waals surface area (Å²) in [5.41, 5.74) is 3.51. The summed E-state index contributed by atoms with van der Waals surface area (Å²) in [7, 11) is 0. The van der Waals surface area contributed by atoms with E-state index >= 15 is 0 Å². The number of nitrogens with one attached hydrogen (secondary N) is 1. The highest BCUT2D eigenvalue weighted by Gasteiger charge is 2.40. The fraction of sp³-hybridized carbons (Fsp3) is 0.211. The fourth-order valence-corrected chi connectivity index (χ4v) is 2.74. The van der Waals surface area contributed by atoms with E-state index in [1.54, 1.807) is 37.3 Å². The standard InChI is InChI=1S/C19H18N2O3/c1-11-8-9-14(10-12(11)2)20-17(22)13(3)21-18(23)15-6-4-5-7-16(15)19(21)24/h4-10,13H,1-3H3,(H,20,22)/t13-/m1/s1. The molecule has 5 heteroatoms. The minimum absolute atomic E-state index is 0.341. The normalized spacial score (nSPS) is 14.5. The summed E-state index contributed by atoms with van der Waals surface area (Å²) in [6, 6.07) is 11.3. The first-order valence-electron chi connectivity index (χ1n) is 7.75. The van der Waals surface area contributed by atoms with Crippen molar-refractivity contribution in [1.29, 1.82) is 0 Å². The summed E-state index contributed by atoms with van der Waals surface area (Å²) in [6.45, 7) is 5.50. The summed E-state index contributed by atoms with van der Waals surface area (Å²) in [5.74, 6) is -1.26. The number of carbonyl (C=O) groups excluding carboxylic acids is 3. The molecule has 1 aliphatic heterocycles. The van der Waals surface area contributed by atoms with Crippen molar-refractivity contribution in [1.82, 2.24) is 4.90 Å². The molecule has 1 atom stereocenters. The zero-order valence-corrected chi connectivity index (χ0v) is 13.8. The van der Waals surface area contributed by atoms with Crippen LogP contribution in [0.4, 0.5) is 5.69 Å². The second-order valence-electron chi connectivity index (χ2n) is 5.99. The number of hydrogen-bond acceptors (Lipinski definition) is 3. The number of carbonyl (C=O) groups is 3. The van der Waals surface area contributed by atoms with Gasteiger partial charge in [0.1, 0.15) is 6.04 Å². The van der Waals surface area contributed by atoms with Crippen molar-refractivity contribution < 1.29 is 14.4 Å². The molecule has 0 radical (unpaired) electrons. The van der Waals surface area contributed by atoms with Crippen molar-refractivity contribution in [3.8, 4) is 0 Å². The van der Waals surface area contributed by atoms with Crippen LogP contribution >= 0.6 is 0 Å². The van der Waals surface area contributed by atoms with Crippen LogP contribution in [0, 0.1) is 13.8 Å². The summed E-state index contributed by atoms with van der Waals surface area (Å²) >= 11 is 0. The van der Waals surface area contributed by atoms with Crippen molar-refractivity contribution in [2.75, 3.05) is 5.32 Å². The van der Waals surface area contributed by atoms with E-state index in [1.165, 1.54) is 0 Å². The number of fused-ring (bicyclic) bond motifs is 1. The maximum Gasteiger partial charge on any atom is 0.262 e. The van der Waals surface area contributed by atoms with Crippen LogP contribution in [0.2, 0.25) is 0 Å². The van der Waals surface area contributed by atoms with Gasteiger partial charge in [0.15, 0.2) is 0 Å². The molecule has 1 N–H and O–H groups in total. The van der Waals surface area contributed by atoms with Gasteiger partial charge in [-0.1, -0.05) is 18.2 Å². The van der Waals surface area contributed by atoms with Crippen LogP contribution < -0.4 is 5.32 Å². The van der Waals surface area contributed by atoms with E-state index in [-0.39, 0.29) is 0 Å². The SMILES string of the molecule is Cc1ccc(NC(=O)[C@@H](C)N2C(=O)c3ccccc3C2=O)cc1C. The lowest BCUT2D eigenvalue weighted by Gasteiger charge is -2.21. The third-order valence-electron chi connectivity index (χ3n) is 4.37. The van der Waals surface area contributed by atoms with Gasteiger partial charge in [0, 0.05) is 5.69 Å². The van der Waals surface area contributed by atoms with Crippen molar-refractivity contribution in [3.05, 3.63) is 64.7 Å². The molecular weight excluding hydrogens is 304 g/mol. The van der Waals surface area contributed by atoms with Gasteiger partial charge >= 0.3 is 0 Å². The third kappa shape index (κ3) is 2.58. The van der Waals surface area contributed by atoms with Crippen LogP contribution in [-0.2, 0) is 4.79 Å². The average molecular weight is 322 g/mol. The van der Waals surface area contributed by atoms with E-state index in [2.05, 4.69) is 5.32 Å². The van der Waals surface area contributed by atoms with Crippen LogP contribution in [0.3, 0.4) is 0 Å². The van der Waals surface area contributed by atoms with Gasteiger partial charge in [-0.15, -0.1) is 0 Å². The van der Waals surface area contributed by atoms with Crippen LogP contribution in [0.5, 0.6) is 0 Å². The number of rotatable bonds is 3. The van der Waals surface area contributed by atoms with Gasteiger partial charge in [-0.3, -0.25) is 19.3 Å². The Morgan fingerprint density at radius 3 is 2.08 bits per heavy atom. The zero-order valence-electron chi connectivity index (χ0n) is 13.8. The van der Waals surface area contributed by atoms with Crippen LogP contribution in [0.1, 0.15) is 38.8 Å². The molecule has 1 aliphatic rings. The third-order valence-corrected chi connectivity index (χ3v) is 4.37. The van der Waals surface area contributed by atoms with Gasteiger partial charge in [-0.25, -0.2) is 0 Å². The Labute approximate surface area is 140 Å². The predicted molar refractivity (Wildman–Crippen MR) is 90.9 cm³/mol. The fourth-order valence-electron chi connectivity index (χ4n) is 2.74. The van der Waals surface area contributed by atoms with Crippen LogP contribution in [-0.4, -0.2) is 28.7 Å². The Bertz CT molecular complexity index is 822. The van der Waals surface area contributed by atoms with Crippen LogP contribution in [0.15, 0.2) is 42.5 Å². The molecule has 0 bridgehead atoms. The molecule has 0 fully saturated rings. The van der Waals surface area contributed by atoms with Gasteiger partial charge in [-0.2, -0.15) is 0 Å². The van der Waals surface area contributed by atoms with Crippen molar-refractivity contribution in [2.45, 2.75) is 26.8 Å². The first kappa shape index (κ1) is 15.9. The Balaban J connectivity index is 1.80. The Hall–Kier alpha value is -2.95. The Kier molecular flexibility index (Phi) is 3.93. The van der Waals surface area contributed by atoms with E-state index in [4.69, 9.17) is 0 Å². The number of benzene rings is 2. The molecule has 0 unspecified atom stereocenters. The van der Waals surface area contributed by atoms with Gasteiger partial charge in [0.05, 0.1) is 11.1 Å². The first-order valence-corrected chi connectivity index (χ1v) is 7.75. The van der Waals surface area contributed by atoms with Crippen molar-refractivity contribution >= 4 is 23.4 Å². The quantitative estimate of drug-likeness (QED) is 0.884. The first-order chi connectivity index (χ1) is 11.4. The molecule has 0 saturated heterocycles. The van der Waals surface area contributed by atoms with E-state index in [9.17, 15) is 14.4 Å². The highest BCUT2D eigenvalue weighted by Crippen LogP contribution is 2.25. The number of hydrogen-bond donors (Lipinski definition) is 1. The summed E-state index contributed by atoms with van der Waals surface area (Å²) in [6.07, 6.45) is 0. The molecule has 0 spiro atoms. The molecule has 24 heavy (non-hydrogen) atoms. The second-order valence-corrected chi connectivity index (χ2v) is 5.99. The summed E-state index contributed by atoms with van der Waals surface area (Å²) in [5, 5.41) is 2.77. The topological polar surface area (TPSA) is 66.5 Å². The number of imide groups is 1. The minimum Gasteiger partial charge on any atom is -0.324 e. The Morgan fingerprint density at radius 2 is 1.54 bits per heavy atom. The minimum atomic E-state index is -0.890. The summed E-state index contributed by atoms with van der Waals surface area (Å²) < 4.78 is 0. The second kappa shape index (κ2) is 5.92. The van der Waals surface area contributed by atoms with E-state index < -0.39 is 23.8 Å². The van der Waals surface area contributed by atoms with Gasteiger partial charge < -0.3 is 5.32 Å². The van der Waals surface area contributed by atoms with Crippen molar-refractivity contribution in [3.63, 3.8) is 0 Å². The number of aryl methyl sites for hydroxylation is 2. The molecule has 2 aromatic carbocycles. The molecule has 3 amide bonds. The molecule has 0 aliphatic carbocycles. The number of nitrogens with zero attached hydrogens (tertiary/aromatic N) is 1. The lowest BCUT2D eigenvalue weighted by molar-refractivity contribution is -0.119. The maximum absolute atomic E-state index is 12.5. The molecule has 0 saturated carbocycles. The van der Waals surface area contributed by atoms with Gasteiger partial charge in [-0.05, 0) is 56.2 Å². The number of anilines is 1.